The van der Waals surface area contributed by atoms with Gasteiger partial charge in [0.1, 0.15) is 17.3 Å². The lowest BCUT2D eigenvalue weighted by molar-refractivity contribution is -0.120. The molecule has 142 valence electrons. The smallest absolute Gasteiger partial charge is 0.237 e. The average Bonchev–Trinajstić information content (AvgIpc) is 3.08. The van der Waals surface area contributed by atoms with E-state index in [0.29, 0.717) is 24.6 Å². The number of H-pyrrole nitrogens is 1. The van der Waals surface area contributed by atoms with Crippen molar-refractivity contribution in [1.29, 1.82) is 0 Å². The van der Waals surface area contributed by atoms with E-state index in [9.17, 15) is 4.79 Å². The van der Waals surface area contributed by atoms with Gasteiger partial charge in [0.2, 0.25) is 5.91 Å². The highest BCUT2D eigenvalue weighted by Gasteiger charge is 2.51. The van der Waals surface area contributed by atoms with Crippen LogP contribution in [0.4, 0.5) is 5.82 Å². The topological polar surface area (TPSA) is 96.7 Å². The van der Waals surface area contributed by atoms with Crippen LogP contribution < -0.4 is 5.32 Å². The minimum atomic E-state index is -0.557. The normalized spacial score (nSPS) is 19.0. The van der Waals surface area contributed by atoms with E-state index < -0.39 is 5.41 Å². The van der Waals surface area contributed by atoms with Gasteiger partial charge in [-0.2, -0.15) is 0 Å². The molecule has 3 aromatic heterocycles. The number of aromatic nitrogens is 4. The zero-order chi connectivity index (χ0) is 19.2. The summed E-state index contributed by atoms with van der Waals surface area (Å²) in [5, 5.41) is 7.14. The summed E-state index contributed by atoms with van der Waals surface area (Å²) in [5.74, 6) is 2.92. The fraction of sp³-hybridized carbons (Fsp3) is 0.273. The molecule has 0 saturated heterocycles. The summed E-state index contributed by atoms with van der Waals surface area (Å²) in [6.07, 6.45) is 5.41. The van der Waals surface area contributed by atoms with Crippen LogP contribution >= 0.6 is 0 Å². The molecular formula is C22H17N5O2. The van der Waals surface area contributed by atoms with Crippen molar-refractivity contribution < 1.29 is 9.32 Å². The van der Waals surface area contributed by atoms with Crippen LogP contribution in [0.5, 0.6) is 0 Å². The van der Waals surface area contributed by atoms with Crippen LogP contribution in [0.1, 0.15) is 41.2 Å². The van der Waals surface area contributed by atoms with E-state index in [-0.39, 0.29) is 5.91 Å². The molecule has 1 fully saturated rings. The molecule has 2 N–H and O–H groups in total. The van der Waals surface area contributed by atoms with Gasteiger partial charge in [0.05, 0.1) is 16.4 Å². The third-order valence-electron chi connectivity index (χ3n) is 6.53. The molecule has 1 amide bonds. The number of nitrogens with one attached hydrogen (secondary N) is 2. The molecule has 1 spiro atoms. The van der Waals surface area contributed by atoms with Gasteiger partial charge < -0.3 is 14.8 Å². The van der Waals surface area contributed by atoms with Crippen molar-refractivity contribution >= 4 is 22.8 Å². The van der Waals surface area contributed by atoms with E-state index in [1.165, 1.54) is 24.0 Å². The lowest BCUT2D eigenvalue weighted by atomic mass is 9.79. The molecule has 7 rings (SSSR count). The van der Waals surface area contributed by atoms with Crippen LogP contribution in [0.15, 0.2) is 41.1 Å². The Bertz CT molecular complexity index is 1290. The van der Waals surface area contributed by atoms with Crippen molar-refractivity contribution in [2.75, 3.05) is 5.32 Å². The standard InChI is InChI=1S/C22H17N5O2/c28-21-22(14-2-1-5-23-19(14)26-21)9-12-6-15-16(7-13(12)10-22)25-20(24-15)17-8-18(29-27-17)11-3-4-11/h1-2,5-8,11H,3-4,9-10H2,(H,24,25)(H,23,26,28). The molecule has 3 aliphatic rings. The van der Waals surface area contributed by atoms with Gasteiger partial charge in [-0.15, -0.1) is 0 Å². The van der Waals surface area contributed by atoms with Crippen molar-refractivity contribution in [3.05, 3.63) is 59.0 Å². The molecule has 1 unspecified atom stereocenters. The monoisotopic (exact) mass is 383 g/mol. The third kappa shape index (κ3) is 2.07. The molecular weight excluding hydrogens is 366 g/mol. The molecule has 4 heterocycles. The van der Waals surface area contributed by atoms with Crippen LogP contribution in [0.2, 0.25) is 0 Å². The van der Waals surface area contributed by atoms with E-state index in [1.54, 1.807) is 6.20 Å². The Labute approximate surface area is 165 Å². The minimum absolute atomic E-state index is 0.0370. The number of rotatable bonds is 2. The number of aromatic amines is 1. The number of anilines is 1. The van der Waals surface area contributed by atoms with Gasteiger partial charge in [0.25, 0.3) is 0 Å². The zero-order valence-corrected chi connectivity index (χ0v) is 15.5. The average molecular weight is 383 g/mol. The Morgan fingerprint density at radius 2 is 2.00 bits per heavy atom. The van der Waals surface area contributed by atoms with E-state index in [0.717, 1.165) is 33.9 Å². The van der Waals surface area contributed by atoms with E-state index in [4.69, 9.17) is 9.51 Å². The largest absolute Gasteiger partial charge is 0.360 e. The number of fused-ring (bicyclic) bond motifs is 4. The molecule has 1 atom stereocenters. The number of pyridine rings is 1. The van der Waals surface area contributed by atoms with Gasteiger partial charge in [-0.25, -0.2) is 9.97 Å². The Balaban J connectivity index is 1.29. The molecule has 7 heteroatoms. The molecule has 0 bridgehead atoms. The first-order valence-electron chi connectivity index (χ1n) is 9.95. The maximum Gasteiger partial charge on any atom is 0.237 e. The Morgan fingerprint density at radius 1 is 1.14 bits per heavy atom. The van der Waals surface area contributed by atoms with Crippen LogP contribution in [-0.4, -0.2) is 26.0 Å². The first-order valence-corrected chi connectivity index (χ1v) is 9.95. The Hall–Kier alpha value is -3.48. The number of benzene rings is 1. The Morgan fingerprint density at radius 3 is 2.86 bits per heavy atom. The van der Waals surface area contributed by atoms with Crippen LogP contribution in [-0.2, 0) is 23.1 Å². The first-order chi connectivity index (χ1) is 14.2. The van der Waals surface area contributed by atoms with Crippen LogP contribution in [0, 0.1) is 0 Å². The van der Waals surface area contributed by atoms with Gasteiger partial charge in [-0.3, -0.25) is 4.79 Å². The predicted molar refractivity (Wildman–Crippen MR) is 106 cm³/mol. The number of carbonyl (C=O) groups is 1. The summed E-state index contributed by atoms with van der Waals surface area (Å²) in [6, 6.07) is 10.1. The molecule has 4 aromatic rings. The third-order valence-corrected chi connectivity index (χ3v) is 6.53. The summed E-state index contributed by atoms with van der Waals surface area (Å²) in [7, 11) is 0. The van der Waals surface area contributed by atoms with Crippen molar-refractivity contribution in [1.82, 2.24) is 20.1 Å². The van der Waals surface area contributed by atoms with Crippen LogP contribution in [0.25, 0.3) is 22.6 Å². The summed E-state index contributed by atoms with van der Waals surface area (Å²) in [4.78, 5) is 25.3. The van der Waals surface area contributed by atoms with Gasteiger partial charge in [-0.1, -0.05) is 11.2 Å². The second kappa shape index (κ2) is 5.11. The van der Waals surface area contributed by atoms with E-state index in [1.807, 2.05) is 18.2 Å². The summed E-state index contributed by atoms with van der Waals surface area (Å²) < 4.78 is 5.47. The predicted octanol–water partition coefficient (Wildman–Crippen LogP) is 3.48. The molecule has 0 radical (unpaired) electrons. The number of amides is 1. The molecule has 7 nitrogen and oxygen atoms in total. The SMILES string of the molecule is O=C1Nc2ncccc2C12Cc1cc3nc(-c4cc(C5CC5)on4)[nH]c3cc1C2. The number of nitrogens with zero attached hydrogens (tertiary/aromatic N) is 3. The molecule has 1 aromatic carbocycles. The molecule has 1 aliphatic heterocycles. The number of carbonyl (C=O) groups excluding carboxylic acids is 1. The molecule has 2 aliphatic carbocycles. The van der Waals surface area contributed by atoms with Gasteiger partial charge in [-0.05, 0) is 55.0 Å². The second-order valence-corrected chi connectivity index (χ2v) is 8.40. The number of imidazole rings is 1. The van der Waals surface area contributed by atoms with Crippen molar-refractivity contribution in [2.24, 2.45) is 0 Å². The maximum atomic E-state index is 12.9. The van der Waals surface area contributed by atoms with Crippen molar-refractivity contribution in [3.8, 4) is 11.5 Å². The number of hydrogen-bond acceptors (Lipinski definition) is 5. The van der Waals surface area contributed by atoms with E-state index >= 15 is 0 Å². The zero-order valence-electron chi connectivity index (χ0n) is 15.5. The highest BCUT2D eigenvalue weighted by Crippen LogP contribution is 2.47. The molecule has 29 heavy (non-hydrogen) atoms. The Kier molecular flexibility index (Phi) is 2.72. The van der Waals surface area contributed by atoms with Crippen molar-refractivity contribution in [2.45, 2.75) is 37.0 Å². The fourth-order valence-corrected chi connectivity index (χ4v) is 4.86. The summed E-state index contributed by atoms with van der Waals surface area (Å²) >= 11 is 0. The van der Waals surface area contributed by atoms with Gasteiger partial charge >= 0.3 is 0 Å². The minimum Gasteiger partial charge on any atom is -0.360 e. The van der Waals surface area contributed by atoms with E-state index in [2.05, 4.69) is 32.6 Å². The summed E-state index contributed by atoms with van der Waals surface area (Å²) in [5.41, 5.74) is 5.37. The maximum absolute atomic E-state index is 12.9. The molecule has 1 saturated carbocycles. The second-order valence-electron chi connectivity index (χ2n) is 8.40. The lowest BCUT2D eigenvalue weighted by Crippen LogP contribution is -2.35. The van der Waals surface area contributed by atoms with Gasteiger partial charge in [0, 0.05) is 23.7 Å². The quantitative estimate of drug-likeness (QED) is 0.552. The lowest BCUT2D eigenvalue weighted by Gasteiger charge is -2.20. The van der Waals surface area contributed by atoms with Gasteiger partial charge in [0.15, 0.2) is 5.82 Å². The van der Waals surface area contributed by atoms with Crippen LogP contribution in [0.3, 0.4) is 0 Å². The first kappa shape index (κ1) is 15.4. The summed E-state index contributed by atoms with van der Waals surface area (Å²) in [6.45, 7) is 0. The van der Waals surface area contributed by atoms with Crippen molar-refractivity contribution in [3.63, 3.8) is 0 Å². The number of hydrogen-bond donors (Lipinski definition) is 2. The fourth-order valence-electron chi connectivity index (χ4n) is 4.86. The highest BCUT2D eigenvalue weighted by atomic mass is 16.5. The highest BCUT2D eigenvalue weighted by molar-refractivity contribution is 6.06.